The molecule has 3 aromatic rings. The van der Waals surface area contributed by atoms with Crippen molar-refractivity contribution < 1.29 is 9.21 Å². The summed E-state index contributed by atoms with van der Waals surface area (Å²) in [6.07, 6.45) is 0. The normalized spacial score (nSPS) is 12.1. The lowest BCUT2D eigenvalue weighted by Gasteiger charge is -2.22. The van der Waals surface area contributed by atoms with Gasteiger partial charge < -0.3 is 14.7 Å². The Balaban J connectivity index is 1.73. The van der Waals surface area contributed by atoms with E-state index in [1.54, 1.807) is 12.1 Å². The van der Waals surface area contributed by atoms with Crippen LogP contribution in [0, 0.1) is 6.92 Å². The summed E-state index contributed by atoms with van der Waals surface area (Å²) in [7, 11) is 3.83. The number of carbonyl (C=O) groups excluding carboxylic acids is 1. The Labute approximate surface area is 157 Å². The monoisotopic (exact) mass is 365 g/mol. The minimum Gasteiger partial charge on any atom is -0.465 e. The van der Waals surface area contributed by atoms with Crippen molar-refractivity contribution >= 4 is 5.91 Å². The Morgan fingerprint density at radius 3 is 2.44 bits per heavy atom. The van der Waals surface area contributed by atoms with E-state index in [1.165, 1.54) is 0 Å². The van der Waals surface area contributed by atoms with E-state index in [2.05, 4.69) is 10.3 Å². The van der Waals surface area contributed by atoms with Gasteiger partial charge in [-0.05, 0) is 50.8 Å². The van der Waals surface area contributed by atoms with Crippen molar-refractivity contribution in [2.75, 3.05) is 20.6 Å². The molecule has 0 spiro atoms. The fourth-order valence-corrected chi connectivity index (χ4v) is 2.89. The van der Waals surface area contributed by atoms with Gasteiger partial charge in [-0.2, -0.15) is 0 Å². The average molecular weight is 365 g/mol. The number of aryl methyl sites for hydroxylation is 1. The fourth-order valence-electron chi connectivity index (χ4n) is 2.89. The van der Waals surface area contributed by atoms with Crippen molar-refractivity contribution in [2.24, 2.45) is 0 Å². The second kappa shape index (κ2) is 8.05. The molecular weight excluding hydrogens is 342 g/mol. The van der Waals surface area contributed by atoms with Gasteiger partial charge >= 0.3 is 0 Å². The van der Waals surface area contributed by atoms with Crippen molar-refractivity contribution in [3.05, 3.63) is 82.0 Å². The van der Waals surface area contributed by atoms with E-state index in [0.29, 0.717) is 12.2 Å². The predicted molar refractivity (Wildman–Crippen MR) is 105 cm³/mol. The zero-order valence-corrected chi connectivity index (χ0v) is 15.7. The third kappa shape index (κ3) is 4.35. The fraction of sp³-hybridized carbons (Fsp3) is 0.238. The topological polar surface area (TPSA) is 78.3 Å². The van der Waals surface area contributed by atoms with Gasteiger partial charge in [-0.3, -0.25) is 14.5 Å². The third-order valence-corrected chi connectivity index (χ3v) is 4.41. The number of H-pyrrole nitrogens is 1. The number of hydrogen-bond acceptors (Lipinski definition) is 4. The summed E-state index contributed by atoms with van der Waals surface area (Å²) in [5, 5.41) is 2.83. The smallest absolute Gasteiger partial charge is 0.261 e. The van der Waals surface area contributed by atoms with E-state index >= 15 is 0 Å². The molecule has 0 radical (unpaired) electrons. The maximum absolute atomic E-state index is 12.5. The van der Waals surface area contributed by atoms with Crippen LogP contribution in [0.4, 0.5) is 0 Å². The summed E-state index contributed by atoms with van der Waals surface area (Å²) in [6.45, 7) is 2.21. The van der Waals surface area contributed by atoms with Gasteiger partial charge in [-0.15, -0.1) is 0 Å². The molecule has 0 unspecified atom stereocenters. The molecule has 6 nitrogen and oxygen atoms in total. The predicted octanol–water partition coefficient (Wildman–Crippen LogP) is 2.98. The zero-order valence-electron chi connectivity index (χ0n) is 15.7. The molecule has 1 aromatic carbocycles. The summed E-state index contributed by atoms with van der Waals surface area (Å²) >= 11 is 0. The summed E-state index contributed by atoms with van der Waals surface area (Å²) in [5.41, 5.74) is 1.24. The quantitative estimate of drug-likeness (QED) is 0.704. The number of nitrogens with one attached hydrogen (secondary N) is 2. The highest BCUT2D eigenvalue weighted by atomic mass is 16.3. The van der Waals surface area contributed by atoms with Crippen LogP contribution in [0.2, 0.25) is 0 Å². The Hall–Kier alpha value is -3.12. The number of rotatable bonds is 6. The van der Waals surface area contributed by atoms with Crippen LogP contribution in [0.25, 0.3) is 11.3 Å². The van der Waals surface area contributed by atoms with Gasteiger partial charge in [0.25, 0.3) is 11.5 Å². The van der Waals surface area contributed by atoms with Crippen LogP contribution in [0.15, 0.2) is 63.8 Å². The van der Waals surface area contributed by atoms with Crippen LogP contribution in [-0.2, 0) is 0 Å². The molecule has 0 fully saturated rings. The number of hydrogen-bond donors (Lipinski definition) is 2. The summed E-state index contributed by atoms with van der Waals surface area (Å²) in [4.78, 5) is 29.6. The molecule has 0 aliphatic carbocycles. The van der Waals surface area contributed by atoms with E-state index in [0.717, 1.165) is 17.1 Å². The summed E-state index contributed by atoms with van der Waals surface area (Å²) in [6, 6.07) is 16.5. The minimum atomic E-state index is -0.413. The number of amides is 1. The van der Waals surface area contributed by atoms with Gasteiger partial charge in [0.2, 0.25) is 0 Å². The largest absolute Gasteiger partial charge is 0.465 e. The number of carbonyl (C=O) groups is 1. The van der Waals surface area contributed by atoms with Gasteiger partial charge in [0.05, 0.1) is 6.04 Å². The Bertz CT molecular complexity index is 974. The molecule has 27 heavy (non-hydrogen) atoms. The number of furan rings is 1. The summed E-state index contributed by atoms with van der Waals surface area (Å²) < 4.78 is 5.67. The molecule has 0 aliphatic rings. The maximum Gasteiger partial charge on any atom is 0.261 e. The first-order chi connectivity index (χ1) is 13.0. The molecule has 0 bridgehead atoms. The molecule has 140 valence electrons. The lowest BCUT2D eigenvalue weighted by molar-refractivity contribution is 0.0937. The highest BCUT2D eigenvalue weighted by Gasteiger charge is 2.20. The molecule has 2 N–H and O–H groups in total. The Morgan fingerprint density at radius 2 is 1.85 bits per heavy atom. The summed E-state index contributed by atoms with van der Waals surface area (Å²) in [5.74, 6) is 1.17. The molecule has 1 atom stereocenters. The number of benzene rings is 1. The highest BCUT2D eigenvalue weighted by Crippen LogP contribution is 2.20. The molecule has 3 rings (SSSR count). The third-order valence-electron chi connectivity index (χ3n) is 4.41. The first kappa shape index (κ1) is 18.7. The van der Waals surface area contributed by atoms with Gasteiger partial charge in [0.1, 0.15) is 17.1 Å². The van der Waals surface area contributed by atoms with Crippen molar-refractivity contribution in [1.29, 1.82) is 0 Å². The van der Waals surface area contributed by atoms with Crippen molar-refractivity contribution in [2.45, 2.75) is 13.0 Å². The van der Waals surface area contributed by atoms with E-state index in [4.69, 9.17) is 4.42 Å². The van der Waals surface area contributed by atoms with Crippen molar-refractivity contribution in [1.82, 2.24) is 15.2 Å². The number of nitrogens with zero attached hydrogens (tertiary/aromatic N) is 1. The molecule has 2 aromatic heterocycles. The highest BCUT2D eigenvalue weighted by molar-refractivity contribution is 5.94. The zero-order chi connectivity index (χ0) is 19.4. The molecule has 6 heteroatoms. The molecule has 0 aliphatic heterocycles. The average Bonchev–Trinajstić information content (AvgIpc) is 3.08. The van der Waals surface area contributed by atoms with E-state index in [9.17, 15) is 9.59 Å². The van der Waals surface area contributed by atoms with Gasteiger partial charge in [0.15, 0.2) is 0 Å². The van der Waals surface area contributed by atoms with Crippen LogP contribution < -0.4 is 10.9 Å². The van der Waals surface area contributed by atoms with Crippen LogP contribution in [0.3, 0.4) is 0 Å². The molecular formula is C21H23N3O3. The van der Waals surface area contributed by atoms with Crippen LogP contribution in [0.5, 0.6) is 0 Å². The van der Waals surface area contributed by atoms with Gasteiger partial charge in [0, 0.05) is 12.2 Å². The standard InChI is InChI=1S/C21H23N3O3/c1-14-9-12-19(27-14)18(24(2)3)13-22-20(25)16-10-11-17(23-21(16)26)15-7-5-4-6-8-15/h4-12,18H,13H2,1-3H3,(H,22,25)(H,23,26)/t18-/m0/s1. The maximum atomic E-state index is 12.5. The Morgan fingerprint density at radius 1 is 1.11 bits per heavy atom. The van der Waals surface area contributed by atoms with Crippen molar-refractivity contribution in [3.63, 3.8) is 0 Å². The van der Waals surface area contributed by atoms with Crippen LogP contribution in [0.1, 0.15) is 27.9 Å². The minimum absolute atomic E-state index is 0.0859. The SMILES string of the molecule is Cc1ccc([C@H](CNC(=O)c2ccc(-c3ccccc3)[nH]c2=O)N(C)C)o1. The number of aromatic amines is 1. The first-order valence-corrected chi connectivity index (χ1v) is 8.75. The molecule has 0 saturated heterocycles. The molecule has 0 saturated carbocycles. The number of likely N-dealkylation sites (N-methyl/N-ethyl adjacent to an activating group) is 1. The van der Waals surface area contributed by atoms with E-state index in [1.807, 2.05) is 68.4 Å². The van der Waals surface area contributed by atoms with Crippen molar-refractivity contribution in [3.8, 4) is 11.3 Å². The van der Waals surface area contributed by atoms with E-state index < -0.39 is 11.5 Å². The van der Waals surface area contributed by atoms with E-state index in [-0.39, 0.29) is 11.6 Å². The first-order valence-electron chi connectivity index (χ1n) is 8.75. The molecule has 2 heterocycles. The lowest BCUT2D eigenvalue weighted by Crippen LogP contribution is -2.36. The second-order valence-electron chi connectivity index (χ2n) is 6.62. The Kier molecular flexibility index (Phi) is 5.57. The number of pyridine rings is 1. The van der Waals surface area contributed by atoms with Gasteiger partial charge in [-0.25, -0.2) is 0 Å². The lowest BCUT2D eigenvalue weighted by atomic mass is 10.1. The second-order valence-corrected chi connectivity index (χ2v) is 6.62. The van der Waals surface area contributed by atoms with Crippen LogP contribution in [-0.4, -0.2) is 36.4 Å². The molecule has 1 amide bonds. The number of aromatic nitrogens is 1. The van der Waals surface area contributed by atoms with Gasteiger partial charge in [-0.1, -0.05) is 30.3 Å². The van der Waals surface area contributed by atoms with Crippen LogP contribution >= 0.6 is 0 Å².